The van der Waals surface area contributed by atoms with Crippen LogP contribution in [0.1, 0.15) is 19.3 Å². The minimum absolute atomic E-state index is 0.867. The van der Waals surface area contributed by atoms with Crippen molar-refractivity contribution in [3.63, 3.8) is 0 Å². The number of likely N-dealkylation sites (tertiary alicyclic amines) is 1. The van der Waals surface area contributed by atoms with Crippen LogP contribution in [0.25, 0.3) is 22.5 Å². The fraction of sp³-hybridized carbons (Fsp3) is 0.348. The van der Waals surface area contributed by atoms with Crippen molar-refractivity contribution in [3.05, 3.63) is 60.7 Å². The van der Waals surface area contributed by atoms with E-state index in [0.29, 0.717) is 0 Å². The Bertz CT molecular complexity index is 780. The number of imidazole rings is 1. The minimum atomic E-state index is 0.867. The molecule has 3 nitrogen and oxygen atoms in total. The number of thioether (sulfide) groups is 1. The lowest BCUT2D eigenvalue weighted by Gasteiger charge is -2.28. The molecule has 0 amide bonds. The third kappa shape index (κ3) is 4.63. The van der Waals surface area contributed by atoms with E-state index in [-0.39, 0.29) is 0 Å². The molecule has 1 aliphatic heterocycles. The zero-order chi connectivity index (χ0) is 18.5. The number of hydrogen-bond acceptors (Lipinski definition) is 3. The number of rotatable bonds is 6. The zero-order valence-electron chi connectivity index (χ0n) is 15.9. The first-order chi connectivity index (χ1) is 13.3. The van der Waals surface area contributed by atoms with E-state index >= 15 is 0 Å². The Hall–Kier alpha value is -2.04. The minimum Gasteiger partial charge on any atom is -0.332 e. The van der Waals surface area contributed by atoms with Crippen LogP contribution in [-0.2, 0) is 0 Å². The van der Waals surface area contributed by atoms with Crippen LogP contribution < -0.4 is 0 Å². The topological polar surface area (TPSA) is 31.9 Å². The Kier molecular flexibility index (Phi) is 5.95. The Labute approximate surface area is 166 Å². The molecule has 0 radical (unpaired) electrons. The van der Waals surface area contributed by atoms with Crippen molar-refractivity contribution in [2.45, 2.75) is 24.4 Å². The largest absolute Gasteiger partial charge is 0.332 e. The molecule has 4 rings (SSSR count). The third-order valence-electron chi connectivity index (χ3n) is 5.39. The van der Waals surface area contributed by atoms with Gasteiger partial charge in [-0.15, -0.1) is 0 Å². The van der Waals surface area contributed by atoms with Crippen molar-refractivity contribution in [2.75, 3.05) is 25.9 Å². The molecule has 140 valence electrons. The number of benzene rings is 2. The van der Waals surface area contributed by atoms with Crippen molar-refractivity contribution in [3.8, 4) is 22.5 Å². The van der Waals surface area contributed by atoms with Crippen LogP contribution in [0.3, 0.4) is 0 Å². The van der Waals surface area contributed by atoms with Crippen LogP contribution in [0, 0.1) is 5.92 Å². The summed E-state index contributed by atoms with van der Waals surface area (Å²) in [6.45, 7) is 2.48. The van der Waals surface area contributed by atoms with E-state index < -0.39 is 0 Å². The van der Waals surface area contributed by atoms with Crippen LogP contribution in [0.15, 0.2) is 65.8 Å². The fourth-order valence-corrected chi connectivity index (χ4v) is 4.69. The maximum atomic E-state index is 4.95. The van der Waals surface area contributed by atoms with Gasteiger partial charge in [-0.1, -0.05) is 72.4 Å². The summed E-state index contributed by atoms with van der Waals surface area (Å²) in [5, 5.41) is 1.03. The van der Waals surface area contributed by atoms with Crippen LogP contribution in [0.4, 0.5) is 0 Å². The highest BCUT2D eigenvalue weighted by molar-refractivity contribution is 7.99. The summed E-state index contributed by atoms with van der Waals surface area (Å²) in [6, 6.07) is 21.0. The quantitative estimate of drug-likeness (QED) is 0.570. The fourth-order valence-electron chi connectivity index (χ4n) is 3.71. The summed E-state index contributed by atoms with van der Waals surface area (Å²) in [7, 11) is 2.23. The van der Waals surface area contributed by atoms with Crippen LogP contribution in [0.5, 0.6) is 0 Å². The lowest BCUT2D eigenvalue weighted by Crippen LogP contribution is -2.30. The molecule has 1 aromatic heterocycles. The van der Waals surface area contributed by atoms with Crippen molar-refractivity contribution < 1.29 is 0 Å². The average molecular weight is 378 g/mol. The van der Waals surface area contributed by atoms with Crippen LogP contribution >= 0.6 is 11.8 Å². The van der Waals surface area contributed by atoms with E-state index in [1.54, 1.807) is 0 Å². The molecular formula is C23H27N3S. The van der Waals surface area contributed by atoms with Crippen molar-refractivity contribution in [2.24, 2.45) is 5.92 Å². The predicted octanol–water partition coefficient (Wildman–Crippen LogP) is 5.57. The molecular weight excluding hydrogens is 350 g/mol. The SMILES string of the molecule is CN1CCC(CCSc2nc(-c3ccccc3)c(-c3ccccc3)[nH]2)CC1. The van der Waals surface area contributed by atoms with E-state index in [0.717, 1.165) is 33.8 Å². The maximum Gasteiger partial charge on any atom is 0.166 e. The third-order valence-corrected chi connectivity index (χ3v) is 6.30. The van der Waals surface area contributed by atoms with Gasteiger partial charge < -0.3 is 9.88 Å². The molecule has 2 aromatic carbocycles. The Morgan fingerprint density at radius 1 is 0.963 bits per heavy atom. The van der Waals surface area contributed by atoms with Gasteiger partial charge in [0.25, 0.3) is 0 Å². The number of aromatic nitrogens is 2. The number of nitrogens with zero attached hydrogens (tertiary/aromatic N) is 2. The molecule has 3 aromatic rings. The van der Waals surface area contributed by atoms with Gasteiger partial charge in [0.05, 0.1) is 11.4 Å². The molecule has 1 saturated heterocycles. The van der Waals surface area contributed by atoms with Crippen LogP contribution in [-0.4, -0.2) is 40.8 Å². The second-order valence-corrected chi connectivity index (χ2v) is 8.47. The van der Waals surface area contributed by atoms with E-state index in [1.165, 1.54) is 37.9 Å². The normalized spacial score (nSPS) is 15.9. The van der Waals surface area contributed by atoms with Gasteiger partial charge in [-0.3, -0.25) is 0 Å². The summed E-state index contributed by atoms with van der Waals surface area (Å²) in [5.41, 5.74) is 4.51. The number of nitrogens with one attached hydrogen (secondary N) is 1. The first-order valence-corrected chi connectivity index (χ1v) is 10.8. The average Bonchev–Trinajstić information content (AvgIpc) is 3.15. The monoisotopic (exact) mass is 377 g/mol. The van der Waals surface area contributed by atoms with Crippen molar-refractivity contribution >= 4 is 11.8 Å². The van der Waals surface area contributed by atoms with Gasteiger partial charge in [-0.25, -0.2) is 4.98 Å². The molecule has 0 atom stereocenters. The zero-order valence-corrected chi connectivity index (χ0v) is 16.7. The van der Waals surface area contributed by atoms with Gasteiger partial charge in [0.15, 0.2) is 5.16 Å². The summed E-state index contributed by atoms with van der Waals surface area (Å²) in [6.07, 6.45) is 3.94. The standard InChI is InChI=1S/C23H27N3S/c1-26-15-12-18(13-16-26)14-17-27-23-24-21(19-8-4-2-5-9-19)22(25-23)20-10-6-3-7-11-20/h2-11,18H,12-17H2,1H3,(H,24,25). The van der Waals surface area contributed by atoms with Gasteiger partial charge >= 0.3 is 0 Å². The predicted molar refractivity (Wildman–Crippen MR) is 115 cm³/mol. The molecule has 2 heterocycles. The molecule has 0 unspecified atom stereocenters. The summed E-state index contributed by atoms with van der Waals surface area (Å²) in [4.78, 5) is 11.0. The first-order valence-electron chi connectivity index (χ1n) is 9.82. The van der Waals surface area contributed by atoms with Gasteiger partial charge in [0.1, 0.15) is 0 Å². The Balaban J connectivity index is 1.49. The number of hydrogen-bond donors (Lipinski definition) is 1. The highest BCUT2D eigenvalue weighted by Gasteiger charge is 2.18. The lowest BCUT2D eigenvalue weighted by molar-refractivity contribution is 0.217. The number of piperidine rings is 1. The summed E-state index contributed by atoms with van der Waals surface area (Å²) in [5.74, 6) is 2.00. The molecule has 0 aliphatic carbocycles. The second-order valence-electron chi connectivity index (χ2n) is 7.38. The first kappa shape index (κ1) is 18.3. The summed E-state index contributed by atoms with van der Waals surface area (Å²) >= 11 is 1.86. The van der Waals surface area contributed by atoms with E-state index in [1.807, 2.05) is 11.8 Å². The van der Waals surface area contributed by atoms with Crippen LogP contribution in [0.2, 0.25) is 0 Å². The molecule has 4 heteroatoms. The molecule has 1 aliphatic rings. The number of H-pyrrole nitrogens is 1. The molecule has 0 bridgehead atoms. The smallest absolute Gasteiger partial charge is 0.166 e. The van der Waals surface area contributed by atoms with Crippen molar-refractivity contribution in [1.82, 2.24) is 14.9 Å². The number of aromatic amines is 1. The van der Waals surface area contributed by atoms with Gasteiger partial charge in [0.2, 0.25) is 0 Å². The molecule has 1 fully saturated rings. The molecule has 27 heavy (non-hydrogen) atoms. The lowest BCUT2D eigenvalue weighted by atomic mass is 9.95. The molecule has 0 spiro atoms. The Morgan fingerprint density at radius 2 is 1.59 bits per heavy atom. The van der Waals surface area contributed by atoms with Gasteiger partial charge in [-0.2, -0.15) is 0 Å². The van der Waals surface area contributed by atoms with Gasteiger partial charge in [0, 0.05) is 16.9 Å². The van der Waals surface area contributed by atoms with E-state index in [2.05, 4.69) is 77.6 Å². The summed E-state index contributed by atoms with van der Waals surface area (Å²) < 4.78 is 0. The van der Waals surface area contributed by atoms with E-state index in [4.69, 9.17) is 4.98 Å². The maximum absolute atomic E-state index is 4.95. The highest BCUT2D eigenvalue weighted by atomic mass is 32.2. The molecule has 0 saturated carbocycles. The highest BCUT2D eigenvalue weighted by Crippen LogP contribution is 2.33. The van der Waals surface area contributed by atoms with Gasteiger partial charge in [-0.05, 0) is 45.3 Å². The Morgan fingerprint density at radius 3 is 2.26 bits per heavy atom. The van der Waals surface area contributed by atoms with E-state index in [9.17, 15) is 0 Å². The molecule has 1 N–H and O–H groups in total. The van der Waals surface area contributed by atoms with Crippen molar-refractivity contribution in [1.29, 1.82) is 0 Å². The second kappa shape index (κ2) is 8.77.